The Bertz CT molecular complexity index is 445. The van der Waals surface area contributed by atoms with E-state index < -0.39 is 10.0 Å². The van der Waals surface area contributed by atoms with Gasteiger partial charge in [-0.05, 0) is 19.4 Å². The zero-order valence-corrected chi connectivity index (χ0v) is 10.3. The molecule has 0 aromatic carbocycles. The van der Waals surface area contributed by atoms with Crippen LogP contribution in [0.4, 0.5) is 5.69 Å². The van der Waals surface area contributed by atoms with Crippen LogP contribution in [-0.4, -0.2) is 19.4 Å². The Morgan fingerprint density at radius 3 is 2.81 bits per heavy atom. The van der Waals surface area contributed by atoms with Crippen LogP contribution in [0.3, 0.4) is 0 Å². The number of nitrogen functional groups attached to an aromatic ring is 1. The maximum Gasteiger partial charge on any atom is 0.244 e. The summed E-state index contributed by atoms with van der Waals surface area (Å²) in [6, 6.07) is 1.37. The minimum Gasteiger partial charge on any atom is -0.398 e. The molecule has 0 bridgehead atoms. The molecule has 0 saturated carbocycles. The maximum atomic E-state index is 11.9. The maximum absolute atomic E-state index is 11.9. The third kappa shape index (κ3) is 3.18. The quantitative estimate of drug-likeness (QED) is 0.811. The summed E-state index contributed by atoms with van der Waals surface area (Å²) in [7, 11) is -3.55. The Balaban J connectivity index is 2.91. The van der Waals surface area contributed by atoms with Gasteiger partial charge < -0.3 is 5.73 Å². The number of aromatic nitrogens is 1. The summed E-state index contributed by atoms with van der Waals surface area (Å²) in [5, 5.41) is 0. The van der Waals surface area contributed by atoms with Crippen LogP contribution in [0, 0.1) is 0 Å². The Morgan fingerprint density at radius 2 is 2.25 bits per heavy atom. The predicted molar refractivity (Wildman–Crippen MR) is 63.3 cm³/mol. The van der Waals surface area contributed by atoms with Crippen molar-refractivity contribution in [1.29, 1.82) is 0 Å². The molecule has 16 heavy (non-hydrogen) atoms. The van der Waals surface area contributed by atoms with E-state index >= 15 is 0 Å². The lowest BCUT2D eigenvalue weighted by Gasteiger charge is -2.13. The van der Waals surface area contributed by atoms with Crippen molar-refractivity contribution in [1.82, 2.24) is 9.71 Å². The first-order valence-electron chi connectivity index (χ1n) is 5.19. The number of hydrogen-bond acceptors (Lipinski definition) is 4. The lowest BCUT2D eigenvalue weighted by Crippen LogP contribution is -2.32. The van der Waals surface area contributed by atoms with Crippen LogP contribution < -0.4 is 10.5 Å². The van der Waals surface area contributed by atoms with E-state index in [1.807, 2.05) is 13.8 Å². The molecule has 0 spiro atoms. The minimum absolute atomic E-state index is 0.0398. The zero-order valence-electron chi connectivity index (χ0n) is 9.47. The molecule has 1 heterocycles. The first-order valence-corrected chi connectivity index (χ1v) is 6.67. The van der Waals surface area contributed by atoms with E-state index in [4.69, 9.17) is 5.73 Å². The van der Waals surface area contributed by atoms with Crippen LogP contribution in [0.1, 0.15) is 26.7 Å². The number of rotatable bonds is 5. The first kappa shape index (κ1) is 12.9. The zero-order chi connectivity index (χ0) is 12.2. The fraction of sp³-hybridized carbons (Fsp3) is 0.500. The standard InChI is InChI=1S/C10H17N3O2S/c1-3-4-8(2)13-16(14,15)10-7-12-6-5-9(10)11/h5-8,13H,3-4H2,1-2H3,(H2,11,12). The Labute approximate surface area is 96.1 Å². The number of hydrogen-bond donors (Lipinski definition) is 2. The van der Waals surface area contributed by atoms with Crippen LogP contribution in [0.5, 0.6) is 0 Å². The highest BCUT2D eigenvalue weighted by molar-refractivity contribution is 7.89. The average molecular weight is 243 g/mol. The molecule has 1 rings (SSSR count). The highest BCUT2D eigenvalue weighted by Gasteiger charge is 2.19. The molecular weight excluding hydrogens is 226 g/mol. The van der Waals surface area contributed by atoms with Crippen LogP contribution in [0.2, 0.25) is 0 Å². The second-order valence-electron chi connectivity index (χ2n) is 3.72. The summed E-state index contributed by atoms with van der Waals surface area (Å²) in [5.41, 5.74) is 5.81. The highest BCUT2D eigenvalue weighted by Crippen LogP contribution is 2.16. The molecule has 0 saturated heterocycles. The van der Waals surface area contributed by atoms with Gasteiger partial charge >= 0.3 is 0 Å². The van der Waals surface area contributed by atoms with E-state index in [0.29, 0.717) is 0 Å². The molecule has 1 atom stereocenters. The fourth-order valence-electron chi connectivity index (χ4n) is 1.44. The van der Waals surface area contributed by atoms with Gasteiger partial charge in [-0.3, -0.25) is 4.98 Å². The largest absolute Gasteiger partial charge is 0.398 e. The molecule has 90 valence electrons. The molecule has 0 amide bonds. The van der Waals surface area contributed by atoms with Crippen LogP contribution in [-0.2, 0) is 10.0 Å². The minimum atomic E-state index is -3.55. The van der Waals surface area contributed by atoms with Gasteiger partial charge in [0.15, 0.2) is 0 Å². The number of pyridine rings is 1. The van der Waals surface area contributed by atoms with E-state index in [2.05, 4.69) is 9.71 Å². The van der Waals surface area contributed by atoms with Gasteiger partial charge in [0.1, 0.15) is 4.90 Å². The second kappa shape index (κ2) is 5.27. The van der Waals surface area contributed by atoms with Crippen LogP contribution >= 0.6 is 0 Å². The second-order valence-corrected chi connectivity index (χ2v) is 5.41. The third-order valence-electron chi connectivity index (χ3n) is 2.18. The highest BCUT2D eigenvalue weighted by atomic mass is 32.2. The van der Waals surface area contributed by atoms with Gasteiger partial charge in [0.25, 0.3) is 0 Å². The van der Waals surface area contributed by atoms with Crippen LogP contribution in [0.15, 0.2) is 23.4 Å². The molecule has 0 radical (unpaired) electrons. The number of nitrogens with zero attached hydrogens (tertiary/aromatic N) is 1. The van der Waals surface area contributed by atoms with Gasteiger partial charge in [-0.2, -0.15) is 0 Å². The molecule has 0 aliphatic heterocycles. The van der Waals surface area contributed by atoms with Crippen molar-refractivity contribution >= 4 is 15.7 Å². The van der Waals surface area contributed by atoms with Crippen molar-refractivity contribution in [3.8, 4) is 0 Å². The normalized spacial score (nSPS) is 13.6. The van der Waals surface area contributed by atoms with Gasteiger partial charge in [0.2, 0.25) is 10.0 Å². The number of anilines is 1. The molecule has 0 fully saturated rings. The monoisotopic (exact) mass is 243 g/mol. The van der Waals surface area contributed by atoms with E-state index in [9.17, 15) is 8.42 Å². The fourth-order valence-corrected chi connectivity index (χ4v) is 2.79. The van der Waals surface area contributed by atoms with Gasteiger partial charge in [-0.15, -0.1) is 0 Å². The van der Waals surface area contributed by atoms with Gasteiger partial charge in [-0.1, -0.05) is 13.3 Å². The van der Waals surface area contributed by atoms with Gasteiger partial charge in [-0.25, -0.2) is 13.1 Å². The van der Waals surface area contributed by atoms with Crippen molar-refractivity contribution < 1.29 is 8.42 Å². The number of sulfonamides is 1. The van der Waals surface area contributed by atoms with Gasteiger partial charge in [0.05, 0.1) is 5.69 Å². The van der Waals surface area contributed by atoms with Crippen LogP contribution in [0.25, 0.3) is 0 Å². The van der Waals surface area contributed by atoms with E-state index in [1.54, 1.807) is 0 Å². The Kier molecular flexibility index (Phi) is 4.26. The summed E-state index contributed by atoms with van der Waals surface area (Å²) in [6.45, 7) is 3.83. The lowest BCUT2D eigenvalue weighted by atomic mass is 10.2. The summed E-state index contributed by atoms with van der Waals surface area (Å²) in [6.07, 6.45) is 4.44. The van der Waals surface area contributed by atoms with E-state index in [0.717, 1.165) is 12.8 Å². The molecule has 0 aliphatic rings. The lowest BCUT2D eigenvalue weighted by molar-refractivity contribution is 0.544. The topological polar surface area (TPSA) is 85.1 Å². The summed E-state index contributed by atoms with van der Waals surface area (Å²) < 4.78 is 26.4. The van der Waals surface area contributed by atoms with Gasteiger partial charge in [0, 0.05) is 18.4 Å². The van der Waals surface area contributed by atoms with Crippen molar-refractivity contribution in [3.05, 3.63) is 18.5 Å². The Hall–Kier alpha value is -1.14. The van der Waals surface area contributed by atoms with E-state index in [-0.39, 0.29) is 16.6 Å². The Morgan fingerprint density at radius 1 is 1.56 bits per heavy atom. The summed E-state index contributed by atoms with van der Waals surface area (Å²) in [4.78, 5) is 3.81. The third-order valence-corrected chi connectivity index (χ3v) is 3.82. The summed E-state index contributed by atoms with van der Waals surface area (Å²) >= 11 is 0. The molecule has 1 aromatic heterocycles. The smallest absolute Gasteiger partial charge is 0.244 e. The average Bonchev–Trinajstić information content (AvgIpc) is 2.17. The predicted octanol–water partition coefficient (Wildman–Crippen LogP) is 1.13. The van der Waals surface area contributed by atoms with Crippen molar-refractivity contribution in [2.45, 2.75) is 37.6 Å². The molecule has 3 N–H and O–H groups in total. The van der Waals surface area contributed by atoms with Crippen molar-refractivity contribution in [2.24, 2.45) is 0 Å². The molecular formula is C10H17N3O2S. The first-order chi connectivity index (χ1) is 7.47. The number of nitrogens with two attached hydrogens (primary N) is 1. The molecule has 6 heteroatoms. The molecule has 1 aromatic rings. The van der Waals surface area contributed by atoms with Crippen molar-refractivity contribution in [2.75, 3.05) is 5.73 Å². The SMILES string of the molecule is CCCC(C)NS(=O)(=O)c1cnccc1N. The van der Waals surface area contributed by atoms with E-state index in [1.165, 1.54) is 18.5 Å². The summed E-state index contributed by atoms with van der Waals surface area (Å²) in [5.74, 6) is 0. The molecule has 1 unspecified atom stereocenters. The molecule has 5 nitrogen and oxygen atoms in total. The number of nitrogens with one attached hydrogen (secondary N) is 1. The molecule has 0 aliphatic carbocycles. The van der Waals surface area contributed by atoms with Crippen molar-refractivity contribution in [3.63, 3.8) is 0 Å².